The molecule has 1 saturated heterocycles. The number of aryl methyl sites for hydroxylation is 2. The molecule has 1 aliphatic heterocycles. The topological polar surface area (TPSA) is 72.4 Å². The Labute approximate surface area is 190 Å². The quantitative estimate of drug-likeness (QED) is 0.418. The number of likely N-dealkylation sites (tertiary alicyclic amines) is 1. The number of rotatable bonds is 4. The second-order valence-corrected chi connectivity index (χ2v) is 9.10. The molecular formula is C26H24FN3O3. The minimum Gasteiger partial charge on any atom is -0.423 e. The zero-order chi connectivity index (χ0) is 22.4. The Morgan fingerprint density at radius 2 is 1.88 bits per heavy atom. The Hall–Kier alpha value is -3.32. The highest BCUT2D eigenvalue weighted by molar-refractivity contribution is 5.82. The monoisotopic (exact) mass is 445 g/mol. The van der Waals surface area contributed by atoms with E-state index in [1.165, 1.54) is 23.3 Å². The van der Waals surface area contributed by atoms with Crippen molar-refractivity contribution in [2.24, 2.45) is 0 Å². The summed E-state index contributed by atoms with van der Waals surface area (Å²) in [6, 6.07) is 12.0. The summed E-state index contributed by atoms with van der Waals surface area (Å²) in [7, 11) is 0. The van der Waals surface area contributed by atoms with Crippen LogP contribution in [0.2, 0.25) is 0 Å². The van der Waals surface area contributed by atoms with E-state index < -0.39 is 0 Å². The van der Waals surface area contributed by atoms with Gasteiger partial charge in [0.15, 0.2) is 0 Å². The molecule has 33 heavy (non-hydrogen) atoms. The predicted molar refractivity (Wildman–Crippen MR) is 121 cm³/mol. The van der Waals surface area contributed by atoms with E-state index in [1.54, 1.807) is 18.2 Å². The Bertz CT molecular complexity index is 1380. The lowest BCUT2D eigenvalue weighted by atomic mass is 9.96. The molecule has 0 saturated carbocycles. The summed E-state index contributed by atoms with van der Waals surface area (Å²) in [4.78, 5) is 19.2. The van der Waals surface area contributed by atoms with Crippen molar-refractivity contribution in [2.75, 3.05) is 13.1 Å². The molecule has 1 atom stereocenters. The van der Waals surface area contributed by atoms with Gasteiger partial charge in [-0.15, -0.1) is 0 Å². The van der Waals surface area contributed by atoms with E-state index in [9.17, 15) is 9.18 Å². The molecule has 0 spiro atoms. The highest BCUT2D eigenvalue weighted by Crippen LogP contribution is 2.31. The maximum atomic E-state index is 13.2. The van der Waals surface area contributed by atoms with Gasteiger partial charge in [0, 0.05) is 30.1 Å². The fraction of sp³-hybridized carbons (Fsp3) is 0.346. The summed E-state index contributed by atoms with van der Waals surface area (Å²) in [6.07, 6.45) is 5.27. The predicted octanol–water partition coefficient (Wildman–Crippen LogP) is 4.85. The molecular weight excluding hydrogens is 421 g/mol. The van der Waals surface area contributed by atoms with Gasteiger partial charge in [0.1, 0.15) is 11.4 Å². The van der Waals surface area contributed by atoms with Gasteiger partial charge in [0.2, 0.25) is 11.7 Å². The van der Waals surface area contributed by atoms with Crippen LogP contribution < -0.4 is 5.63 Å². The first kappa shape index (κ1) is 20.3. The van der Waals surface area contributed by atoms with E-state index >= 15 is 0 Å². The molecule has 6 nitrogen and oxygen atoms in total. The molecule has 1 unspecified atom stereocenters. The highest BCUT2D eigenvalue weighted by Gasteiger charge is 2.27. The van der Waals surface area contributed by atoms with Crippen LogP contribution in [0, 0.1) is 5.82 Å². The van der Waals surface area contributed by atoms with Gasteiger partial charge < -0.3 is 8.94 Å². The Balaban J connectivity index is 1.24. The van der Waals surface area contributed by atoms with Crippen LogP contribution in [0.25, 0.3) is 22.4 Å². The van der Waals surface area contributed by atoms with E-state index in [1.807, 2.05) is 0 Å². The number of hydrogen-bond acceptors (Lipinski definition) is 6. The number of halogens is 1. The van der Waals surface area contributed by atoms with E-state index in [0.717, 1.165) is 61.7 Å². The molecule has 0 radical (unpaired) electrons. The Kier molecular flexibility index (Phi) is 5.06. The average Bonchev–Trinajstić information content (AvgIpc) is 3.48. The fourth-order valence-electron chi connectivity index (χ4n) is 5.18. The third-order valence-corrected chi connectivity index (χ3v) is 6.84. The largest absolute Gasteiger partial charge is 0.423 e. The van der Waals surface area contributed by atoms with Gasteiger partial charge in [-0.3, -0.25) is 4.90 Å². The minimum absolute atomic E-state index is 0.121. The average molecular weight is 445 g/mol. The van der Waals surface area contributed by atoms with Crippen LogP contribution in [-0.4, -0.2) is 28.1 Å². The molecule has 0 amide bonds. The van der Waals surface area contributed by atoms with Crippen molar-refractivity contribution in [1.82, 2.24) is 15.0 Å². The third kappa shape index (κ3) is 3.97. The van der Waals surface area contributed by atoms with Crippen LogP contribution >= 0.6 is 0 Å². The second kappa shape index (κ2) is 8.23. The molecule has 6 rings (SSSR count). The minimum atomic E-state index is -0.301. The summed E-state index contributed by atoms with van der Waals surface area (Å²) in [6.45, 7) is 2.40. The maximum absolute atomic E-state index is 13.2. The molecule has 4 aromatic rings. The Morgan fingerprint density at radius 1 is 1.06 bits per heavy atom. The fourth-order valence-corrected chi connectivity index (χ4v) is 5.18. The van der Waals surface area contributed by atoms with Crippen molar-refractivity contribution >= 4 is 11.0 Å². The molecule has 1 aliphatic carbocycles. The molecule has 3 heterocycles. The summed E-state index contributed by atoms with van der Waals surface area (Å²) >= 11 is 0. The van der Waals surface area contributed by atoms with Gasteiger partial charge in [-0.2, -0.15) is 4.98 Å². The van der Waals surface area contributed by atoms with Crippen LogP contribution in [0.15, 0.2) is 56.2 Å². The van der Waals surface area contributed by atoms with Crippen molar-refractivity contribution in [3.05, 3.63) is 81.3 Å². The molecule has 2 aromatic carbocycles. The van der Waals surface area contributed by atoms with E-state index in [0.29, 0.717) is 23.8 Å². The van der Waals surface area contributed by atoms with Gasteiger partial charge in [-0.25, -0.2) is 9.18 Å². The summed E-state index contributed by atoms with van der Waals surface area (Å²) in [5.74, 6) is 0.908. The molecule has 168 valence electrons. The molecule has 2 aliphatic rings. The molecule has 7 heteroatoms. The first-order chi connectivity index (χ1) is 16.1. The van der Waals surface area contributed by atoms with Crippen molar-refractivity contribution in [3.63, 3.8) is 0 Å². The van der Waals surface area contributed by atoms with Gasteiger partial charge in [-0.05, 0) is 91.7 Å². The zero-order valence-corrected chi connectivity index (χ0v) is 18.2. The maximum Gasteiger partial charge on any atom is 0.336 e. The van der Waals surface area contributed by atoms with Crippen LogP contribution in [0.5, 0.6) is 0 Å². The van der Waals surface area contributed by atoms with Crippen LogP contribution in [0.1, 0.15) is 47.8 Å². The second-order valence-electron chi connectivity index (χ2n) is 9.10. The first-order valence-corrected chi connectivity index (χ1v) is 11.5. The number of piperidine rings is 1. The number of nitrogens with zero attached hydrogens (tertiary/aromatic N) is 3. The standard InChI is InChI=1S/C26H24FN3O3/c27-21-8-6-16(7-9-21)25-28-26(33-29-25)19-5-2-10-30(14-19)15-20-13-24(31)32-23-12-18-4-1-3-17(18)11-22(20)23/h6-9,11-13,19H,1-5,10,14-15H2. The van der Waals surface area contributed by atoms with Crippen molar-refractivity contribution < 1.29 is 13.3 Å². The van der Waals surface area contributed by atoms with Gasteiger partial charge in [-0.1, -0.05) is 5.16 Å². The lowest BCUT2D eigenvalue weighted by molar-refractivity contribution is 0.180. The molecule has 1 fully saturated rings. The van der Waals surface area contributed by atoms with Crippen molar-refractivity contribution in [2.45, 2.75) is 44.6 Å². The first-order valence-electron chi connectivity index (χ1n) is 11.5. The van der Waals surface area contributed by atoms with E-state index in [-0.39, 0.29) is 17.4 Å². The third-order valence-electron chi connectivity index (χ3n) is 6.84. The van der Waals surface area contributed by atoms with Crippen LogP contribution in [0.4, 0.5) is 4.39 Å². The van der Waals surface area contributed by atoms with E-state index in [2.05, 4.69) is 27.2 Å². The van der Waals surface area contributed by atoms with Crippen molar-refractivity contribution in [1.29, 1.82) is 0 Å². The van der Waals surface area contributed by atoms with Crippen molar-refractivity contribution in [3.8, 4) is 11.4 Å². The summed E-state index contributed by atoms with van der Waals surface area (Å²) < 4.78 is 24.3. The van der Waals surface area contributed by atoms with Gasteiger partial charge in [0.25, 0.3) is 0 Å². The lowest BCUT2D eigenvalue weighted by Gasteiger charge is -2.31. The molecule has 0 N–H and O–H groups in total. The molecule has 2 aromatic heterocycles. The zero-order valence-electron chi connectivity index (χ0n) is 18.2. The molecule has 0 bridgehead atoms. The highest BCUT2D eigenvalue weighted by atomic mass is 19.1. The summed E-state index contributed by atoms with van der Waals surface area (Å²) in [5.41, 5.74) is 4.79. The SMILES string of the molecule is O=c1cc(CN2CCCC(c3nc(-c4ccc(F)cc4)no3)C2)c2cc3c(cc2o1)CCC3. The van der Waals surface area contributed by atoms with E-state index in [4.69, 9.17) is 8.94 Å². The smallest absolute Gasteiger partial charge is 0.336 e. The number of fused-ring (bicyclic) bond motifs is 2. The lowest BCUT2D eigenvalue weighted by Crippen LogP contribution is -2.34. The van der Waals surface area contributed by atoms with Gasteiger partial charge in [0.05, 0.1) is 5.92 Å². The number of hydrogen-bond donors (Lipinski definition) is 0. The van der Waals surface area contributed by atoms with Crippen LogP contribution in [0.3, 0.4) is 0 Å². The van der Waals surface area contributed by atoms with Gasteiger partial charge >= 0.3 is 5.63 Å². The number of aromatic nitrogens is 2. The number of benzene rings is 2. The Morgan fingerprint density at radius 3 is 2.73 bits per heavy atom. The normalized spacial score (nSPS) is 18.6. The van der Waals surface area contributed by atoms with Crippen LogP contribution in [-0.2, 0) is 19.4 Å². The summed E-state index contributed by atoms with van der Waals surface area (Å²) in [5, 5.41) is 5.14.